The molecule has 1 N–H and O–H groups in total. The van der Waals surface area contributed by atoms with Gasteiger partial charge < -0.3 is 5.32 Å². The third-order valence-corrected chi connectivity index (χ3v) is 2.16. The normalized spacial score (nSPS) is 24.3. The van der Waals surface area contributed by atoms with Crippen molar-refractivity contribution in [2.24, 2.45) is 5.92 Å². The van der Waals surface area contributed by atoms with Crippen LogP contribution in [-0.2, 0) is 0 Å². The molecule has 0 aliphatic carbocycles. The fraction of sp³-hybridized carbons (Fsp3) is 0.400. The fourth-order valence-corrected chi connectivity index (χ4v) is 1.45. The molecule has 1 atom stereocenters. The van der Waals surface area contributed by atoms with Gasteiger partial charge in [-0.1, -0.05) is 26.2 Å². The molecule has 0 radical (unpaired) electrons. The van der Waals surface area contributed by atoms with Crippen LogP contribution in [-0.4, -0.2) is 6.54 Å². The Morgan fingerprint density at radius 2 is 2.18 bits per heavy atom. The van der Waals surface area contributed by atoms with Crippen LogP contribution >= 0.6 is 0 Å². The maximum absolute atomic E-state index is 3.79. The lowest BCUT2D eigenvalue weighted by molar-refractivity contribution is 0.554. The molecule has 1 aliphatic heterocycles. The van der Waals surface area contributed by atoms with Gasteiger partial charge in [-0.05, 0) is 24.0 Å². The Labute approximate surface area is 68.5 Å². The lowest BCUT2D eigenvalue weighted by Gasteiger charge is -2.23. The molecule has 0 aromatic carbocycles. The van der Waals surface area contributed by atoms with Crippen molar-refractivity contribution in [1.82, 2.24) is 5.32 Å². The molecular formula is C10H15N. The molecular weight excluding hydrogens is 134 g/mol. The highest BCUT2D eigenvalue weighted by Crippen LogP contribution is 2.22. The van der Waals surface area contributed by atoms with Crippen LogP contribution in [0.15, 0.2) is 36.6 Å². The Morgan fingerprint density at radius 3 is 2.64 bits per heavy atom. The van der Waals surface area contributed by atoms with Crippen molar-refractivity contribution in [3.63, 3.8) is 0 Å². The van der Waals surface area contributed by atoms with E-state index in [1.165, 1.54) is 12.0 Å². The first-order valence-corrected chi connectivity index (χ1v) is 4.02. The van der Waals surface area contributed by atoms with E-state index in [9.17, 15) is 0 Å². The monoisotopic (exact) mass is 149 g/mol. The molecule has 1 heterocycles. The largest absolute Gasteiger partial charge is 0.385 e. The van der Waals surface area contributed by atoms with Crippen LogP contribution in [0.2, 0.25) is 0 Å². The average molecular weight is 149 g/mol. The second kappa shape index (κ2) is 3.42. The van der Waals surface area contributed by atoms with E-state index in [4.69, 9.17) is 0 Å². The summed E-state index contributed by atoms with van der Waals surface area (Å²) in [6, 6.07) is 0. The van der Waals surface area contributed by atoms with Crippen LogP contribution in [0.1, 0.15) is 13.3 Å². The van der Waals surface area contributed by atoms with Gasteiger partial charge in [0.2, 0.25) is 0 Å². The Balaban J connectivity index is 2.94. The summed E-state index contributed by atoms with van der Waals surface area (Å²) < 4.78 is 0. The fourth-order valence-electron chi connectivity index (χ4n) is 1.45. The molecule has 1 unspecified atom stereocenters. The van der Waals surface area contributed by atoms with Gasteiger partial charge in [0.25, 0.3) is 0 Å². The van der Waals surface area contributed by atoms with Gasteiger partial charge in [0.15, 0.2) is 0 Å². The molecule has 0 saturated carbocycles. The van der Waals surface area contributed by atoms with Crippen molar-refractivity contribution in [1.29, 1.82) is 0 Å². The van der Waals surface area contributed by atoms with Gasteiger partial charge in [-0.15, -0.1) is 0 Å². The van der Waals surface area contributed by atoms with Crippen molar-refractivity contribution < 1.29 is 0 Å². The molecule has 1 aliphatic rings. The van der Waals surface area contributed by atoms with Gasteiger partial charge in [0.1, 0.15) is 0 Å². The standard InChI is InChI=1S/C10H15N/c1-4-9-8(3)6-7-11-10(9)5-2/h4-5,8,11H,1-2,6-7H2,3H3. The summed E-state index contributed by atoms with van der Waals surface area (Å²) in [7, 11) is 0. The first kappa shape index (κ1) is 8.12. The minimum absolute atomic E-state index is 0.627. The van der Waals surface area contributed by atoms with Crippen LogP contribution in [0.3, 0.4) is 0 Å². The van der Waals surface area contributed by atoms with Gasteiger partial charge in [-0.25, -0.2) is 0 Å². The molecule has 11 heavy (non-hydrogen) atoms. The van der Waals surface area contributed by atoms with Gasteiger partial charge >= 0.3 is 0 Å². The Morgan fingerprint density at radius 1 is 1.45 bits per heavy atom. The molecule has 0 amide bonds. The highest BCUT2D eigenvalue weighted by atomic mass is 14.9. The van der Waals surface area contributed by atoms with E-state index in [2.05, 4.69) is 25.4 Å². The zero-order valence-electron chi connectivity index (χ0n) is 7.06. The first-order chi connectivity index (χ1) is 5.29. The molecule has 0 spiro atoms. The molecule has 1 nitrogen and oxygen atoms in total. The van der Waals surface area contributed by atoms with Crippen LogP contribution in [0.25, 0.3) is 0 Å². The van der Waals surface area contributed by atoms with E-state index in [-0.39, 0.29) is 0 Å². The zero-order chi connectivity index (χ0) is 8.27. The number of nitrogens with one attached hydrogen (secondary N) is 1. The lowest BCUT2D eigenvalue weighted by atomic mass is 9.92. The summed E-state index contributed by atoms with van der Waals surface area (Å²) in [5.74, 6) is 0.627. The van der Waals surface area contributed by atoms with Crippen molar-refractivity contribution in [2.75, 3.05) is 6.54 Å². The lowest BCUT2D eigenvalue weighted by Crippen LogP contribution is -2.24. The second-order valence-electron chi connectivity index (χ2n) is 2.89. The maximum Gasteiger partial charge on any atom is 0.0369 e. The van der Waals surface area contributed by atoms with Crippen LogP contribution in [0.4, 0.5) is 0 Å². The number of rotatable bonds is 2. The minimum atomic E-state index is 0.627. The van der Waals surface area contributed by atoms with E-state index in [1.807, 2.05) is 12.2 Å². The van der Waals surface area contributed by atoms with Crippen LogP contribution in [0.5, 0.6) is 0 Å². The maximum atomic E-state index is 3.79. The van der Waals surface area contributed by atoms with Crippen molar-refractivity contribution in [3.8, 4) is 0 Å². The third kappa shape index (κ3) is 1.53. The molecule has 0 aromatic rings. The Bertz CT molecular complexity index is 201. The summed E-state index contributed by atoms with van der Waals surface area (Å²) in [6.07, 6.45) is 4.99. The molecule has 1 rings (SSSR count). The highest BCUT2D eigenvalue weighted by molar-refractivity contribution is 5.33. The number of allylic oxidation sites excluding steroid dienone is 3. The Hall–Kier alpha value is -0.980. The molecule has 0 saturated heterocycles. The topological polar surface area (TPSA) is 12.0 Å². The SMILES string of the molecule is C=CC1=C(C=C)C(C)CCN1. The highest BCUT2D eigenvalue weighted by Gasteiger charge is 2.13. The molecule has 1 heteroatoms. The smallest absolute Gasteiger partial charge is 0.0369 e. The van der Waals surface area contributed by atoms with Gasteiger partial charge in [-0.3, -0.25) is 0 Å². The number of hydrogen-bond acceptors (Lipinski definition) is 1. The van der Waals surface area contributed by atoms with E-state index in [0.717, 1.165) is 12.2 Å². The van der Waals surface area contributed by atoms with Crippen LogP contribution < -0.4 is 5.32 Å². The van der Waals surface area contributed by atoms with Gasteiger partial charge in [0, 0.05) is 12.2 Å². The second-order valence-corrected chi connectivity index (χ2v) is 2.89. The number of hydrogen-bond donors (Lipinski definition) is 1. The summed E-state index contributed by atoms with van der Waals surface area (Å²) in [4.78, 5) is 0. The van der Waals surface area contributed by atoms with Crippen molar-refractivity contribution >= 4 is 0 Å². The van der Waals surface area contributed by atoms with Crippen molar-refractivity contribution in [2.45, 2.75) is 13.3 Å². The average Bonchev–Trinajstić information content (AvgIpc) is 2.04. The van der Waals surface area contributed by atoms with Crippen LogP contribution in [0, 0.1) is 5.92 Å². The molecule has 0 aromatic heterocycles. The third-order valence-electron chi connectivity index (χ3n) is 2.16. The Kier molecular flexibility index (Phi) is 2.53. The van der Waals surface area contributed by atoms with Gasteiger partial charge in [0.05, 0.1) is 0 Å². The zero-order valence-corrected chi connectivity index (χ0v) is 7.06. The first-order valence-electron chi connectivity index (χ1n) is 4.02. The quantitative estimate of drug-likeness (QED) is 0.635. The summed E-state index contributed by atoms with van der Waals surface area (Å²) in [5, 5.41) is 3.29. The summed E-state index contributed by atoms with van der Waals surface area (Å²) in [6.45, 7) is 10.8. The van der Waals surface area contributed by atoms with E-state index in [0.29, 0.717) is 5.92 Å². The predicted molar refractivity (Wildman–Crippen MR) is 49.2 cm³/mol. The predicted octanol–water partition coefficient (Wildman–Crippen LogP) is 2.24. The van der Waals surface area contributed by atoms with E-state index >= 15 is 0 Å². The molecule has 0 fully saturated rings. The van der Waals surface area contributed by atoms with E-state index in [1.54, 1.807) is 0 Å². The van der Waals surface area contributed by atoms with E-state index < -0.39 is 0 Å². The van der Waals surface area contributed by atoms with Crippen molar-refractivity contribution in [3.05, 3.63) is 36.6 Å². The molecule has 60 valence electrons. The van der Waals surface area contributed by atoms with Gasteiger partial charge in [-0.2, -0.15) is 0 Å². The minimum Gasteiger partial charge on any atom is -0.385 e. The molecule has 0 bridgehead atoms. The summed E-state index contributed by atoms with van der Waals surface area (Å²) >= 11 is 0. The summed E-state index contributed by atoms with van der Waals surface area (Å²) in [5.41, 5.74) is 2.45.